The lowest BCUT2D eigenvalue weighted by Crippen LogP contribution is -2.18. The number of rotatable bonds is 4. The van der Waals surface area contributed by atoms with Gasteiger partial charge in [-0.25, -0.2) is 0 Å². The fraction of sp³-hybridized carbons (Fsp3) is 0.200. The van der Waals surface area contributed by atoms with Crippen LogP contribution in [-0.2, 0) is 0 Å². The lowest BCUT2D eigenvalue weighted by atomic mass is 10.1. The van der Waals surface area contributed by atoms with E-state index in [9.17, 15) is 0 Å². The second-order valence-electron chi connectivity index (χ2n) is 4.33. The Hall–Kier alpha value is -1.03. The molecule has 0 aliphatic rings. The number of ether oxygens (including phenoxy) is 1. The van der Waals surface area contributed by atoms with Crippen molar-refractivity contribution in [2.45, 2.75) is 13.0 Å². The van der Waals surface area contributed by atoms with E-state index in [2.05, 4.69) is 15.9 Å². The predicted molar refractivity (Wildman–Crippen MR) is 82.8 cm³/mol. The minimum atomic E-state index is -0.184. The molecule has 0 amide bonds. The highest BCUT2D eigenvalue weighted by Gasteiger charge is 2.13. The maximum atomic E-state index is 5.96. The van der Waals surface area contributed by atoms with Gasteiger partial charge in [-0.05, 0) is 58.2 Å². The summed E-state index contributed by atoms with van der Waals surface area (Å²) in [7, 11) is 0. The standard InChI is InChI=1S/C15H15BrClNO/c1-10-2-7-14(13(16)8-10)19-15(9-18)11-3-5-12(17)6-4-11/h2-8,15H,9,18H2,1H3. The van der Waals surface area contributed by atoms with E-state index in [0.29, 0.717) is 11.6 Å². The average Bonchev–Trinajstić information content (AvgIpc) is 2.39. The molecule has 0 aromatic heterocycles. The normalized spacial score (nSPS) is 12.2. The van der Waals surface area contributed by atoms with E-state index in [1.807, 2.05) is 49.4 Å². The molecule has 0 radical (unpaired) electrons. The van der Waals surface area contributed by atoms with Crippen molar-refractivity contribution >= 4 is 27.5 Å². The number of aryl methyl sites for hydroxylation is 1. The Morgan fingerprint density at radius 1 is 1.21 bits per heavy atom. The van der Waals surface area contributed by atoms with Gasteiger partial charge in [0.2, 0.25) is 0 Å². The summed E-state index contributed by atoms with van der Waals surface area (Å²) in [6.07, 6.45) is -0.184. The smallest absolute Gasteiger partial charge is 0.136 e. The van der Waals surface area contributed by atoms with Gasteiger partial charge in [0.1, 0.15) is 11.9 Å². The Bertz CT molecular complexity index is 557. The summed E-state index contributed by atoms with van der Waals surface area (Å²) in [5, 5.41) is 0.705. The molecule has 0 spiro atoms. The first kappa shape index (κ1) is 14.4. The van der Waals surface area contributed by atoms with Crippen LogP contribution in [0.1, 0.15) is 17.2 Å². The van der Waals surface area contributed by atoms with Gasteiger partial charge in [0.15, 0.2) is 0 Å². The van der Waals surface area contributed by atoms with Crippen LogP contribution in [0.25, 0.3) is 0 Å². The third-order valence-corrected chi connectivity index (χ3v) is 3.68. The van der Waals surface area contributed by atoms with Gasteiger partial charge in [0.25, 0.3) is 0 Å². The Morgan fingerprint density at radius 2 is 1.89 bits per heavy atom. The van der Waals surface area contributed by atoms with Crippen LogP contribution in [0, 0.1) is 6.92 Å². The molecule has 1 unspecified atom stereocenters. The first-order chi connectivity index (χ1) is 9.10. The van der Waals surface area contributed by atoms with Gasteiger partial charge in [-0.15, -0.1) is 0 Å². The van der Waals surface area contributed by atoms with E-state index < -0.39 is 0 Å². The van der Waals surface area contributed by atoms with Crippen molar-refractivity contribution in [3.63, 3.8) is 0 Å². The minimum absolute atomic E-state index is 0.184. The van der Waals surface area contributed by atoms with Crippen molar-refractivity contribution in [3.8, 4) is 5.75 Å². The van der Waals surface area contributed by atoms with E-state index >= 15 is 0 Å². The molecule has 0 saturated heterocycles. The molecule has 19 heavy (non-hydrogen) atoms. The van der Waals surface area contributed by atoms with Crippen molar-refractivity contribution in [2.75, 3.05) is 6.54 Å². The van der Waals surface area contributed by atoms with Crippen LogP contribution in [0.2, 0.25) is 5.02 Å². The summed E-state index contributed by atoms with van der Waals surface area (Å²) in [4.78, 5) is 0. The van der Waals surface area contributed by atoms with Crippen molar-refractivity contribution in [1.82, 2.24) is 0 Å². The van der Waals surface area contributed by atoms with Crippen LogP contribution in [0.3, 0.4) is 0 Å². The molecule has 2 aromatic rings. The van der Waals surface area contributed by atoms with Gasteiger partial charge in [0.05, 0.1) is 4.47 Å². The SMILES string of the molecule is Cc1ccc(OC(CN)c2ccc(Cl)cc2)c(Br)c1. The molecule has 100 valence electrons. The van der Waals surface area contributed by atoms with Crippen LogP contribution in [-0.4, -0.2) is 6.54 Å². The molecule has 2 rings (SSSR count). The van der Waals surface area contributed by atoms with Crippen LogP contribution in [0.5, 0.6) is 5.75 Å². The zero-order chi connectivity index (χ0) is 13.8. The highest BCUT2D eigenvalue weighted by Crippen LogP contribution is 2.30. The van der Waals surface area contributed by atoms with Crippen LogP contribution < -0.4 is 10.5 Å². The number of nitrogens with two attached hydrogens (primary N) is 1. The fourth-order valence-corrected chi connectivity index (χ4v) is 2.50. The number of hydrogen-bond donors (Lipinski definition) is 1. The summed E-state index contributed by atoms with van der Waals surface area (Å²) >= 11 is 9.38. The average molecular weight is 341 g/mol. The topological polar surface area (TPSA) is 35.2 Å². The molecule has 1 atom stereocenters. The maximum absolute atomic E-state index is 5.96. The van der Waals surface area contributed by atoms with Crippen LogP contribution in [0.15, 0.2) is 46.9 Å². The monoisotopic (exact) mass is 339 g/mol. The van der Waals surface area contributed by atoms with Gasteiger partial charge >= 0.3 is 0 Å². The molecule has 0 fully saturated rings. The Kier molecular flexibility index (Phi) is 4.86. The molecular formula is C15H15BrClNO. The highest BCUT2D eigenvalue weighted by molar-refractivity contribution is 9.10. The quantitative estimate of drug-likeness (QED) is 0.890. The molecule has 4 heteroatoms. The van der Waals surface area contributed by atoms with Gasteiger partial charge < -0.3 is 10.5 Å². The van der Waals surface area contributed by atoms with E-state index in [0.717, 1.165) is 15.8 Å². The van der Waals surface area contributed by atoms with Gasteiger partial charge in [-0.1, -0.05) is 29.8 Å². The van der Waals surface area contributed by atoms with E-state index in [-0.39, 0.29) is 6.10 Å². The largest absolute Gasteiger partial charge is 0.483 e. The zero-order valence-corrected chi connectivity index (χ0v) is 12.9. The highest BCUT2D eigenvalue weighted by atomic mass is 79.9. The second kappa shape index (κ2) is 6.42. The summed E-state index contributed by atoms with van der Waals surface area (Å²) in [5.74, 6) is 0.788. The molecule has 0 bridgehead atoms. The molecular weight excluding hydrogens is 326 g/mol. The molecule has 0 heterocycles. The van der Waals surface area contributed by atoms with Crippen LogP contribution in [0.4, 0.5) is 0 Å². The number of hydrogen-bond acceptors (Lipinski definition) is 2. The van der Waals surface area contributed by atoms with E-state index in [4.69, 9.17) is 22.1 Å². The van der Waals surface area contributed by atoms with Gasteiger partial charge in [-0.3, -0.25) is 0 Å². The maximum Gasteiger partial charge on any atom is 0.136 e. The lowest BCUT2D eigenvalue weighted by molar-refractivity contribution is 0.213. The lowest BCUT2D eigenvalue weighted by Gasteiger charge is -2.19. The summed E-state index contributed by atoms with van der Waals surface area (Å²) in [6.45, 7) is 2.44. The van der Waals surface area contributed by atoms with Crippen molar-refractivity contribution in [2.24, 2.45) is 5.73 Å². The molecule has 0 aliphatic heterocycles. The van der Waals surface area contributed by atoms with Crippen molar-refractivity contribution in [3.05, 3.63) is 63.1 Å². The van der Waals surface area contributed by atoms with E-state index in [1.54, 1.807) is 0 Å². The Morgan fingerprint density at radius 3 is 2.47 bits per heavy atom. The van der Waals surface area contributed by atoms with Crippen LogP contribution >= 0.6 is 27.5 Å². The fourth-order valence-electron chi connectivity index (χ4n) is 1.78. The molecule has 2 N–H and O–H groups in total. The molecule has 0 saturated carbocycles. The summed E-state index contributed by atoms with van der Waals surface area (Å²) in [6, 6.07) is 13.5. The summed E-state index contributed by atoms with van der Waals surface area (Å²) < 4.78 is 6.89. The van der Waals surface area contributed by atoms with E-state index in [1.165, 1.54) is 5.56 Å². The number of benzene rings is 2. The molecule has 2 aromatic carbocycles. The first-order valence-electron chi connectivity index (χ1n) is 5.98. The van der Waals surface area contributed by atoms with Gasteiger partial charge in [-0.2, -0.15) is 0 Å². The predicted octanol–water partition coefficient (Wildman–Crippen LogP) is 4.49. The molecule has 0 aliphatic carbocycles. The van der Waals surface area contributed by atoms with Gasteiger partial charge in [0, 0.05) is 11.6 Å². The number of halogens is 2. The minimum Gasteiger partial charge on any atom is -0.483 e. The first-order valence-corrected chi connectivity index (χ1v) is 7.15. The third kappa shape index (κ3) is 3.72. The molecule has 2 nitrogen and oxygen atoms in total. The summed E-state index contributed by atoms with van der Waals surface area (Å²) in [5.41, 5.74) is 7.99. The third-order valence-electron chi connectivity index (χ3n) is 2.81. The van der Waals surface area contributed by atoms with Crippen molar-refractivity contribution in [1.29, 1.82) is 0 Å². The second-order valence-corrected chi connectivity index (χ2v) is 5.62. The zero-order valence-electron chi connectivity index (χ0n) is 10.6. The van der Waals surface area contributed by atoms with Crippen molar-refractivity contribution < 1.29 is 4.74 Å². The Balaban J connectivity index is 2.21. The Labute approximate surface area is 126 Å².